The molecule has 1 saturated heterocycles. The van der Waals surface area contributed by atoms with Crippen LogP contribution >= 0.6 is 0 Å². The highest BCUT2D eigenvalue weighted by Gasteiger charge is 2.38. The number of carbonyl (C=O) groups excluding carboxylic acids is 1. The van der Waals surface area contributed by atoms with E-state index in [-0.39, 0.29) is 18.1 Å². The average molecular weight is 276 g/mol. The average Bonchev–Trinajstić information content (AvgIpc) is 2.96. The Labute approximate surface area is 118 Å². The standard InChI is InChI=1S/C14H20N4O2/c1-2-15-13-9-16-10(8-17-13)14(19)18-6-7-20-12-5-3-4-11(12)18/h8-9,11-12H,2-7H2,1H3,(H,15,17). The third kappa shape index (κ3) is 2.47. The minimum absolute atomic E-state index is 0.0271. The van der Waals surface area contributed by atoms with E-state index < -0.39 is 0 Å². The zero-order chi connectivity index (χ0) is 13.9. The summed E-state index contributed by atoms with van der Waals surface area (Å²) < 4.78 is 5.73. The van der Waals surface area contributed by atoms with E-state index in [4.69, 9.17) is 4.74 Å². The molecule has 6 nitrogen and oxygen atoms in total. The molecule has 2 heterocycles. The quantitative estimate of drug-likeness (QED) is 0.901. The molecule has 108 valence electrons. The number of morpholine rings is 1. The van der Waals surface area contributed by atoms with Gasteiger partial charge in [0.05, 0.1) is 31.1 Å². The Kier molecular flexibility index (Phi) is 3.82. The van der Waals surface area contributed by atoms with Gasteiger partial charge >= 0.3 is 0 Å². The van der Waals surface area contributed by atoms with E-state index in [0.29, 0.717) is 24.7 Å². The Morgan fingerprint density at radius 3 is 3.10 bits per heavy atom. The highest BCUT2D eigenvalue weighted by atomic mass is 16.5. The third-order valence-electron chi connectivity index (χ3n) is 3.97. The molecule has 2 unspecified atom stereocenters. The van der Waals surface area contributed by atoms with Gasteiger partial charge in [-0.3, -0.25) is 4.79 Å². The molecule has 3 rings (SSSR count). The van der Waals surface area contributed by atoms with Crippen molar-refractivity contribution < 1.29 is 9.53 Å². The van der Waals surface area contributed by atoms with Gasteiger partial charge in [0, 0.05) is 13.1 Å². The maximum Gasteiger partial charge on any atom is 0.274 e. The molecule has 1 amide bonds. The number of amides is 1. The van der Waals surface area contributed by atoms with Crippen molar-refractivity contribution >= 4 is 11.7 Å². The second-order valence-corrected chi connectivity index (χ2v) is 5.22. The summed E-state index contributed by atoms with van der Waals surface area (Å²) in [5, 5.41) is 3.07. The number of nitrogens with zero attached hydrogens (tertiary/aromatic N) is 3. The summed E-state index contributed by atoms with van der Waals surface area (Å²) in [5.74, 6) is 0.672. The van der Waals surface area contributed by atoms with Crippen LogP contribution in [0.3, 0.4) is 0 Å². The smallest absolute Gasteiger partial charge is 0.274 e. The fourth-order valence-corrected chi connectivity index (χ4v) is 3.04. The number of nitrogens with one attached hydrogen (secondary N) is 1. The van der Waals surface area contributed by atoms with Crippen molar-refractivity contribution in [2.45, 2.75) is 38.3 Å². The van der Waals surface area contributed by atoms with E-state index in [1.165, 1.54) is 0 Å². The Bertz CT molecular complexity index is 477. The molecule has 1 aromatic rings. The second-order valence-electron chi connectivity index (χ2n) is 5.22. The number of fused-ring (bicyclic) bond motifs is 1. The largest absolute Gasteiger partial charge is 0.374 e. The second kappa shape index (κ2) is 5.75. The van der Waals surface area contributed by atoms with Gasteiger partial charge in [0.15, 0.2) is 0 Å². The van der Waals surface area contributed by atoms with Crippen molar-refractivity contribution in [2.24, 2.45) is 0 Å². The lowest BCUT2D eigenvalue weighted by Gasteiger charge is -2.37. The van der Waals surface area contributed by atoms with Crippen LogP contribution in [0.4, 0.5) is 5.82 Å². The van der Waals surface area contributed by atoms with Crippen LogP contribution < -0.4 is 5.32 Å². The van der Waals surface area contributed by atoms with Crippen LogP contribution in [0.25, 0.3) is 0 Å². The number of aromatic nitrogens is 2. The molecule has 1 saturated carbocycles. The monoisotopic (exact) mass is 276 g/mol. The number of ether oxygens (including phenoxy) is 1. The maximum atomic E-state index is 12.6. The molecule has 0 aromatic carbocycles. The first-order valence-corrected chi connectivity index (χ1v) is 7.28. The van der Waals surface area contributed by atoms with Crippen LogP contribution in [0.5, 0.6) is 0 Å². The van der Waals surface area contributed by atoms with Crippen molar-refractivity contribution in [3.8, 4) is 0 Å². The van der Waals surface area contributed by atoms with Crippen LogP contribution in [0, 0.1) is 0 Å². The highest BCUT2D eigenvalue weighted by molar-refractivity contribution is 5.92. The van der Waals surface area contributed by atoms with Gasteiger partial charge in [-0.15, -0.1) is 0 Å². The number of rotatable bonds is 3. The number of carbonyl (C=O) groups is 1. The molecule has 2 atom stereocenters. The predicted molar refractivity (Wildman–Crippen MR) is 74.6 cm³/mol. The van der Waals surface area contributed by atoms with Crippen molar-refractivity contribution in [2.75, 3.05) is 25.0 Å². The Hall–Kier alpha value is -1.69. The summed E-state index contributed by atoms with van der Waals surface area (Å²) in [4.78, 5) is 22.9. The molecule has 0 bridgehead atoms. The first-order valence-electron chi connectivity index (χ1n) is 7.28. The summed E-state index contributed by atoms with van der Waals surface area (Å²) in [6.07, 6.45) is 6.59. The van der Waals surface area contributed by atoms with E-state index in [9.17, 15) is 4.79 Å². The van der Waals surface area contributed by atoms with E-state index in [1.807, 2.05) is 11.8 Å². The van der Waals surface area contributed by atoms with Crippen LogP contribution in [-0.4, -0.2) is 52.6 Å². The molecular formula is C14H20N4O2. The molecule has 1 aliphatic carbocycles. The van der Waals surface area contributed by atoms with Gasteiger partial charge in [0.1, 0.15) is 11.5 Å². The van der Waals surface area contributed by atoms with Gasteiger partial charge in [-0.1, -0.05) is 0 Å². The van der Waals surface area contributed by atoms with Crippen molar-refractivity contribution in [1.29, 1.82) is 0 Å². The fourth-order valence-electron chi connectivity index (χ4n) is 3.04. The molecule has 20 heavy (non-hydrogen) atoms. The van der Waals surface area contributed by atoms with Gasteiger partial charge in [-0.25, -0.2) is 9.97 Å². The van der Waals surface area contributed by atoms with E-state index in [0.717, 1.165) is 25.8 Å². The van der Waals surface area contributed by atoms with E-state index >= 15 is 0 Å². The Morgan fingerprint density at radius 1 is 1.45 bits per heavy atom. The number of anilines is 1. The van der Waals surface area contributed by atoms with Crippen LogP contribution in [-0.2, 0) is 4.74 Å². The summed E-state index contributed by atoms with van der Waals surface area (Å²) in [6.45, 7) is 4.05. The highest BCUT2D eigenvalue weighted by Crippen LogP contribution is 2.30. The maximum absolute atomic E-state index is 12.6. The number of hydrogen-bond acceptors (Lipinski definition) is 5. The van der Waals surface area contributed by atoms with E-state index in [2.05, 4.69) is 15.3 Å². The SMILES string of the molecule is CCNc1cnc(C(=O)N2CCOC3CCCC32)cn1. The fraction of sp³-hybridized carbons (Fsp3) is 0.643. The minimum atomic E-state index is -0.0271. The molecule has 2 aliphatic rings. The molecular weight excluding hydrogens is 256 g/mol. The predicted octanol–water partition coefficient (Wildman–Crippen LogP) is 1.30. The minimum Gasteiger partial charge on any atom is -0.374 e. The molecule has 1 aromatic heterocycles. The van der Waals surface area contributed by atoms with Crippen LogP contribution in [0.15, 0.2) is 12.4 Å². The molecule has 1 N–H and O–H groups in total. The van der Waals surface area contributed by atoms with Gasteiger partial charge in [-0.05, 0) is 26.2 Å². The molecule has 2 fully saturated rings. The Balaban J connectivity index is 1.74. The molecule has 1 aliphatic heterocycles. The van der Waals surface area contributed by atoms with Crippen molar-refractivity contribution in [1.82, 2.24) is 14.9 Å². The summed E-state index contributed by atoms with van der Waals surface area (Å²) >= 11 is 0. The molecule has 0 radical (unpaired) electrons. The van der Waals surface area contributed by atoms with Crippen molar-refractivity contribution in [3.63, 3.8) is 0 Å². The topological polar surface area (TPSA) is 67.4 Å². The summed E-state index contributed by atoms with van der Waals surface area (Å²) in [5.41, 5.74) is 0.416. The van der Waals surface area contributed by atoms with Crippen LogP contribution in [0.2, 0.25) is 0 Å². The summed E-state index contributed by atoms with van der Waals surface area (Å²) in [6, 6.07) is 0.214. The van der Waals surface area contributed by atoms with Gasteiger partial charge < -0.3 is 15.0 Å². The number of hydrogen-bond donors (Lipinski definition) is 1. The Morgan fingerprint density at radius 2 is 2.35 bits per heavy atom. The lowest BCUT2D eigenvalue weighted by molar-refractivity contribution is -0.0447. The lowest BCUT2D eigenvalue weighted by Crippen LogP contribution is -2.51. The normalized spacial score (nSPS) is 25.4. The van der Waals surface area contributed by atoms with Gasteiger partial charge in [-0.2, -0.15) is 0 Å². The van der Waals surface area contributed by atoms with E-state index in [1.54, 1.807) is 12.4 Å². The van der Waals surface area contributed by atoms with Crippen LogP contribution in [0.1, 0.15) is 36.7 Å². The van der Waals surface area contributed by atoms with Gasteiger partial charge in [0.2, 0.25) is 0 Å². The molecule has 0 spiro atoms. The third-order valence-corrected chi connectivity index (χ3v) is 3.97. The first kappa shape index (κ1) is 13.3. The zero-order valence-electron chi connectivity index (χ0n) is 11.7. The lowest BCUT2D eigenvalue weighted by atomic mass is 10.1. The van der Waals surface area contributed by atoms with Crippen molar-refractivity contribution in [3.05, 3.63) is 18.1 Å². The van der Waals surface area contributed by atoms with Gasteiger partial charge in [0.25, 0.3) is 5.91 Å². The zero-order valence-corrected chi connectivity index (χ0v) is 11.7. The summed E-state index contributed by atoms with van der Waals surface area (Å²) in [7, 11) is 0. The first-order chi connectivity index (χ1) is 9.79. The molecule has 6 heteroatoms.